The minimum Gasteiger partial charge on any atom is -0.478 e. The zero-order valence-electron chi connectivity index (χ0n) is 14.6. The van der Waals surface area contributed by atoms with Crippen molar-refractivity contribution in [1.29, 1.82) is 0 Å². The molecule has 3 N–H and O–H groups in total. The number of carbonyl (C=O) groups excluding carboxylic acids is 1. The second kappa shape index (κ2) is 8.31. The maximum atomic E-state index is 12.3. The second-order valence-electron chi connectivity index (χ2n) is 5.73. The molecule has 0 fully saturated rings. The van der Waals surface area contributed by atoms with Crippen molar-refractivity contribution >= 4 is 40.6 Å². The molecule has 29 heavy (non-hydrogen) atoms. The lowest BCUT2D eigenvalue weighted by Gasteiger charge is -2.09. The number of benzene rings is 2. The number of carboxylic acids is 1. The number of anilines is 1. The highest BCUT2D eigenvalue weighted by molar-refractivity contribution is 7.80. The van der Waals surface area contributed by atoms with Crippen molar-refractivity contribution in [2.24, 2.45) is 0 Å². The topological polar surface area (TPSA) is 135 Å². The van der Waals surface area contributed by atoms with E-state index in [0.717, 1.165) is 0 Å². The minimum absolute atomic E-state index is 0.0595. The molecule has 3 rings (SSSR count). The Bertz CT molecular complexity index is 1120. The van der Waals surface area contributed by atoms with Crippen molar-refractivity contribution in [2.75, 3.05) is 5.32 Å². The highest BCUT2D eigenvalue weighted by atomic mass is 32.1. The Morgan fingerprint density at radius 3 is 2.55 bits per heavy atom. The molecule has 0 radical (unpaired) electrons. The lowest BCUT2D eigenvalue weighted by molar-refractivity contribution is -0.384. The predicted octanol–water partition coefficient (Wildman–Crippen LogP) is 3.68. The molecular formula is C19H13N3O6S. The Balaban J connectivity index is 1.71. The highest BCUT2D eigenvalue weighted by Crippen LogP contribution is 2.30. The van der Waals surface area contributed by atoms with E-state index >= 15 is 0 Å². The Morgan fingerprint density at radius 1 is 1.07 bits per heavy atom. The van der Waals surface area contributed by atoms with E-state index in [1.54, 1.807) is 12.1 Å². The third kappa shape index (κ3) is 4.62. The van der Waals surface area contributed by atoms with Gasteiger partial charge in [-0.1, -0.05) is 18.2 Å². The third-order valence-electron chi connectivity index (χ3n) is 3.79. The molecule has 1 aromatic heterocycles. The monoisotopic (exact) mass is 411 g/mol. The SMILES string of the molecule is O=C(O)c1cccc(NC(=S)NC(=O)c2ccc(-c3ccccc3[N+](=O)[O-])o2)c1. The van der Waals surface area contributed by atoms with E-state index in [2.05, 4.69) is 10.6 Å². The number of carbonyl (C=O) groups is 2. The summed E-state index contributed by atoms with van der Waals surface area (Å²) in [6.45, 7) is 0. The lowest BCUT2D eigenvalue weighted by Crippen LogP contribution is -2.33. The van der Waals surface area contributed by atoms with E-state index < -0.39 is 16.8 Å². The number of hydrogen-bond donors (Lipinski definition) is 3. The number of rotatable bonds is 5. The van der Waals surface area contributed by atoms with Crippen LogP contribution >= 0.6 is 12.2 Å². The Kier molecular flexibility index (Phi) is 5.65. The standard InChI is InChI=1S/C19H13N3O6S/c23-17(21-19(29)20-12-5-3-4-11(10-12)18(24)25)16-9-8-15(28-16)13-6-1-2-7-14(13)22(26)27/h1-10H,(H,24,25)(H2,20,21,23,29). The highest BCUT2D eigenvalue weighted by Gasteiger charge is 2.19. The number of nitrogens with one attached hydrogen (secondary N) is 2. The Morgan fingerprint density at radius 2 is 1.83 bits per heavy atom. The molecule has 0 aliphatic carbocycles. The molecule has 0 saturated carbocycles. The molecule has 0 atom stereocenters. The number of aromatic carboxylic acids is 1. The molecule has 0 bridgehead atoms. The number of hydrogen-bond acceptors (Lipinski definition) is 6. The van der Waals surface area contributed by atoms with Crippen LogP contribution in [0.2, 0.25) is 0 Å². The fraction of sp³-hybridized carbons (Fsp3) is 0. The molecule has 2 aromatic carbocycles. The van der Waals surface area contributed by atoms with Gasteiger partial charge in [-0.15, -0.1) is 0 Å². The average Bonchev–Trinajstić information content (AvgIpc) is 3.18. The van der Waals surface area contributed by atoms with Crippen LogP contribution in [0, 0.1) is 10.1 Å². The van der Waals surface area contributed by atoms with Crippen molar-refractivity contribution < 1.29 is 24.0 Å². The minimum atomic E-state index is -1.10. The average molecular weight is 411 g/mol. The summed E-state index contributed by atoms with van der Waals surface area (Å²) in [5, 5.41) is 25.2. The van der Waals surface area contributed by atoms with Gasteiger partial charge in [0.25, 0.3) is 11.6 Å². The molecule has 10 heteroatoms. The van der Waals surface area contributed by atoms with E-state index in [1.807, 2.05) is 0 Å². The van der Waals surface area contributed by atoms with Crippen LogP contribution in [0.4, 0.5) is 11.4 Å². The van der Waals surface area contributed by atoms with Gasteiger partial charge in [-0.3, -0.25) is 20.2 Å². The lowest BCUT2D eigenvalue weighted by atomic mass is 10.1. The van der Waals surface area contributed by atoms with Gasteiger partial charge < -0.3 is 14.8 Å². The number of nitro groups is 1. The van der Waals surface area contributed by atoms with Gasteiger partial charge in [0.2, 0.25) is 0 Å². The normalized spacial score (nSPS) is 10.2. The number of nitro benzene ring substituents is 1. The van der Waals surface area contributed by atoms with E-state index in [1.165, 1.54) is 48.5 Å². The number of nitrogens with zero attached hydrogens (tertiary/aromatic N) is 1. The molecule has 0 aliphatic heterocycles. The van der Waals surface area contributed by atoms with Crippen molar-refractivity contribution in [1.82, 2.24) is 5.32 Å². The van der Waals surface area contributed by atoms with Gasteiger partial charge in [0, 0.05) is 11.8 Å². The van der Waals surface area contributed by atoms with Gasteiger partial charge >= 0.3 is 5.97 Å². The zero-order valence-corrected chi connectivity index (χ0v) is 15.4. The molecule has 146 valence electrons. The largest absolute Gasteiger partial charge is 0.478 e. The fourth-order valence-electron chi connectivity index (χ4n) is 2.50. The first-order chi connectivity index (χ1) is 13.8. The fourth-order valence-corrected chi connectivity index (χ4v) is 2.71. The molecule has 0 spiro atoms. The first-order valence-electron chi connectivity index (χ1n) is 8.14. The van der Waals surface area contributed by atoms with Crippen LogP contribution in [-0.2, 0) is 0 Å². The summed E-state index contributed by atoms with van der Waals surface area (Å²) in [6, 6.07) is 14.7. The number of para-hydroxylation sites is 1. The van der Waals surface area contributed by atoms with Crippen LogP contribution in [0.25, 0.3) is 11.3 Å². The maximum absolute atomic E-state index is 12.3. The summed E-state index contributed by atoms with van der Waals surface area (Å²) >= 11 is 5.06. The van der Waals surface area contributed by atoms with Crippen LogP contribution in [-0.4, -0.2) is 27.0 Å². The van der Waals surface area contributed by atoms with E-state index in [4.69, 9.17) is 21.7 Å². The van der Waals surface area contributed by atoms with Gasteiger partial charge in [0.15, 0.2) is 10.9 Å². The summed E-state index contributed by atoms with van der Waals surface area (Å²) < 4.78 is 5.44. The third-order valence-corrected chi connectivity index (χ3v) is 3.99. The number of carboxylic acid groups (broad SMARTS) is 1. The summed E-state index contributed by atoms with van der Waals surface area (Å²) in [6.07, 6.45) is 0. The zero-order chi connectivity index (χ0) is 21.0. The number of amides is 1. The van der Waals surface area contributed by atoms with Crippen LogP contribution in [0.3, 0.4) is 0 Å². The van der Waals surface area contributed by atoms with Crippen LogP contribution in [0.5, 0.6) is 0 Å². The Hall–Kier alpha value is -4.05. The van der Waals surface area contributed by atoms with Gasteiger partial charge in [-0.2, -0.15) is 0 Å². The molecule has 1 amide bonds. The molecule has 0 aliphatic rings. The van der Waals surface area contributed by atoms with Crippen LogP contribution < -0.4 is 10.6 Å². The molecule has 0 unspecified atom stereocenters. The molecule has 9 nitrogen and oxygen atoms in total. The van der Waals surface area contributed by atoms with E-state index in [9.17, 15) is 19.7 Å². The van der Waals surface area contributed by atoms with Crippen molar-refractivity contribution in [3.05, 3.63) is 82.1 Å². The van der Waals surface area contributed by atoms with Crippen molar-refractivity contribution in [2.45, 2.75) is 0 Å². The molecule has 0 saturated heterocycles. The van der Waals surface area contributed by atoms with Crippen LogP contribution in [0.15, 0.2) is 65.1 Å². The van der Waals surface area contributed by atoms with Crippen LogP contribution in [0.1, 0.15) is 20.9 Å². The van der Waals surface area contributed by atoms with Gasteiger partial charge in [0.05, 0.1) is 16.1 Å². The smallest absolute Gasteiger partial charge is 0.335 e. The van der Waals surface area contributed by atoms with Gasteiger partial charge in [-0.05, 0) is 48.6 Å². The first-order valence-corrected chi connectivity index (χ1v) is 8.55. The first kappa shape index (κ1) is 19.7. The van der Waals surface area contributed by atoms with Gasteiger partial charge in [0.1, 0.15) is 5.76 Å². The van der Waals surface area contributed by atoms with E-state index in [0.29, 0.717) is 5.69 Å². The maximum Gasteiger partial charge on any atom is 0.335 e. The number of furan rings is 1. The quantitative estimate of drug-likeness (QED) is 0.329. The van der Waals surface area contributed by atoms with Crippen molar-refractivity contribution in [3.63, 3.8) is 0 Å². The summed E-state index contributed by atoms with van der Waals surface area (Å²) in [5.74, 6) is -1.69. The van der Waals surface area contributed by atoms with Gasteiger partial charge in [-0.25, -0.2) is 4.79 Å². The summed E-state index contributed by atoms with van der Waals surface area (Å²) in [5.41, 5.74) is 0.534. The van der Waals surface area contributed by atoms with E-state index in [-0.39, 0.29) is 33.4 Å². The molecular weight excluding hydrogens is 398 g/mol. The second-order valence-corrected chi connectivity index (χ2v) is 6.14. The number of thiocarbonyl (C=S) groups is 1. The molecule has 3 aromatic rings. The van der Waals surface area contributed by atoms with Crippen molar-refractivity contribution in [3.8, 4) is 11.3 Å². The Labute approximate surface area is 169 Å². The summed E-state index contributed by atoms with van der Waals surface area (Å²) in [4.78, 5) is 33.9. The predicted molar refractivity (Wildman–Crippen MR) is 108 cm³/mol. The molecule has 1 heterocycles. The summed E-state index contributed by atoms with van der Waals surface area (Å²) in [7, 11) is 0.